The van der Waals surface area contributed by atoms with Gasteiger partial charge in [0.1, 0.15) is 5.69 Å². The SMILES string of the molecule is O=C(c1cc2ccccc2c(=O)[nH]1)N1CCN(S(=O)(=O)c2ccc([N+](=O)[O-])cc2)CC1. The number of fused-ring (bicyclic) bond motifs is 1. The monoisotopic (exact) mass is 442 g/mol. The van der Waals surface area contributed by atoms with Gasteiger partial charge in [0.05, 0.1) is 9.82 Å². The van der Waals surface area contributed by atoms with Crippen LogP contribution in [-0.4, -0.2) is 59.6 Å². The van der Waals surface area contributed by atoms with Crippen molar-refractivity contribution in [3.8, 4) is 0 Å². The number of pyridine rings is 1. The number of hydrogen-bond acceptors (Lipinski definition) is 6. The van der Waals surface area contributed by atoms with Gasteiger partial charge >= 0.3 is 0 Å². The van der Waals surface area contributed by atoms with Crippen LogP contribution in [0.1, 0.15) is 10.5 Å². The van der Waals surface area contributed by atoms with E-state index in [0.29, 0.717) is 10.8 Å². The molecule has 1 aliphatic heterocycles. The number of nitro groups is 1. The van der Waals surface area contributed by atoms with Crippen molar-refractivity contribution < 1.29 is 18.1 Å². The number of aromatic amines is 1. The van der Waals surface area contributed by atoms with Crippen molar-refractivity contribution in [1.82, 2.24) is 14.2 Å². The first-order chi connectivity index (χ1) is 14.8. The van der Waals surface area contributed by atoms with Gasteiger partial charge in [-0.2, -0.15) is 4.31 Å². The number of hydrogen-bond donors (Lipinski definition) is 1. The number of aromatic nitrogens is 1. The molecule has 1 aliphatic rings. The summed E-state index contributed by atoms with van der Waals surface area (Å²) < 4.78 is 26.9. The number of piperazine rings is 1. The number of benzene rings is 2. The van der Waals surface area contributed by atoms with E-state index < -0.39 is 14.9 Å². The zero-order valence-electron chi connectivity index (χ0n) is 16.2. The van der Waals surface area contributed by atoms with Crippen molar-refractivity contribution in [2.24, 2.45) is 0 Å². The Kier molecular flexibility index (Phi) is 5.29. The number of nitrogens with one attached hydrogen (secondary N) is 1. The predicted octanol–water partition coefficient (Wildman–Crippen LogP) is 1.58. The van der Waals surface area contributed by atoms with Gasteiger partial charge in [-0.15, -0.1) is 0 Å². The van der Waals surface area contributed by atoms with Gasteiger partial charge in [0.2, 0.25) is 10.0 Å². The average Bonchev–Trinajstić information content (AvgIpc) is 2.78. The number of carbonyl (C=O) groups excluding carboxylic acids is 1. The third kappa shape index (κ3) is 3.92. The lowest BCUT2D eigenvalue weighted by molar-refractivity contribution is -0.384. The third-order valence-corrected chi connectivity index (χ3v) is 7.11. The topological polar surface area (TPSA) is 134 Å². The second-order valence-electron chi connectivity index (χ2n) is 7.05. The average molecular weight is 442 g/mol. The molecule has 10 nitrogen and oxygen atoms in total. The minimum Gasteiger partial charge on any atom is -0.335 e. The largest absolute Gasteiger partial charge is 0.335 e. The van der Waals surface area contributed by atoms with E-state index in [1.807, 2.05) is 0 Å². The molecule has 4 rings (SSSR count). The van der Waals surface area contributed by atoms with Gasteiger partial charge in [-0.05, 0) is 29.7 Å². The highest BCUT2D eigenvalue weighted by atomic mass is 32.2. The molecule has 3 aromatic rings. The van der Waals surface area contributed by atoms with Crippen LogP contribution in [0.25, 0.3) is 10.8 Å². The molecule has 160 valence electrons. The van der Waals surface area contributed by atoms with Crippen LogP contribution in [0.2, 0.25) is 0 Å². The van der Waals surface area contributed by atoms with Crippen molar-refractivity contribution in [2.45, 2.75) is 4.90 Å². The molecule has 1 N–H and O–H groups in total. The van der Waals surface area contributed by atoms with Crippen LogP contribution in [0.4, 0.5) is 5.69 Å². The van der Waals surface area contributed by atoms with E-state index >= 15 is 0 Å². The van der Waals surface area contributed by atoms with Gasteiger partial charge in [-0.1, -0.05) is 18.2 Å². The highest BCUT2D eigenvalue weighted by molar-refractivity contribution is 7.89. The molecule has 0 bridgehead atoms. The van der Waals surface area contributed by atoms with Gasteiger partial charge in [0, 0.05) is 43.7 Å². The van der Waals surface area contributed by atoms with Crippen molar-refractivity contribution in [1.29, 1.82) is 0 Å². The Balaban J connectivity index is 1.48. The third-order valence-electron chi connectivity index (χ3n) is 5.20. The van der Waals surface area contributed by atoms with E-state index in [1.54, 1.807) is 30.3 Å². The molecule has 31 heavy (non-hydrogen) atoms. The molecule has 0 spiro atoms. The minimum atomic E-state index is -3.84. The lowest BCUT2D eigenvalue weighted by Gasteiger charge is -2.34. The Morgan fingerprint density at radius 3 is 2.29 bits per heavy atom. The summed E-state index contributed by atoms with van der Waals surface area (Å²) in [6, 6.07) is 13.2. The normalized spacial score (nSPS) is 15.2. The Morgan fingerprint density at radius 2 is 1.65 bits per heavy atom. The summed E-state index contributed by atoms with van der Waals surface area (Å²) >= 11 is 0. The summed E-state index contributed by atoms with van der Waals surface area (Å²) in [6.45, 7) is 0.450. The second kappa shape index (κ2) is 7.93. The summed E-state index contributed by atoms with van der Waals surface area (Å²) in [5, 5.41) is 11.9. The van der Waals surface area contributed by atoms with Crippen LogP contribution in [0.5, 0.6) is 0 Å². The number of nitro benzene ring substituents is 1. The van der Waals surface area contributed by atoms with Crippen molar-refractivity contribution >= 4 is 32.4 Å². The lowest BCUT2D eigenvalue weighted by atomic mass is 10.1. The number of rotatable bonds is 4. The van der Waals surface area contributed by atoms with E-state index in [9.17, 15) is 28.1 Å². The number of H-pyrrole nitrogens is 1. The Hall–Kier alpha value is -3.57. The summed E-state index contributed by atoms with van der Waals surface area (Å²) in [4.78, 5) is 39.3. The zero-order valence-corrected chi connectivity index (χ0v) is 17.0. The van der Waals surface area contributed by atoms with E-state index in [-0.39, 0.29) is 53.9 Å². The van der Waals surface area contributed by atoms with Crippen LogP contribution in [0, 0.1) is 10.1 Å². The first-order valence-electron chi connectivity index (χ1n) is 9.43. The quantitative estimate of drug-likeness (QED) is 0.482. The van der Waals surface area contributed by atoms with E-state index in [4.69, 9.17) is 0 Å². The fraction of sp³-hybridized carbons (Fsp3) is 0.200. The van der Waals surface area contributed by atoms with Crippen molar-refractivity contribution in [3.63, 3.8) is 0 Å². The maximum Gasteiger partial charge on any atom is 0.270 e. The molecule has 0 aliphatic carbocycles. The molecule has 0 atom stereocenters. The van der Waals surface area contributed by atoms with Gasteiger partial charge in [-0.3, -0.25) is 19.7 Å². The molecule has 0 unspecified atom stereocenters. The minimum absolute atomic E-state index is 0.0447. The summed E-state index contributed by atoms with van der Waals surface area (Å²) in [5.41, 5.74) is -0.407. The summed E-state index contributed by atoms with van der Waals surface area (Å²) in [6.07, 6.45) is 0. The highest BCUT2D eigenvalue weighted by Crippen LogP contribution is 2.21. The fourth-order valence-corrected chi connectivity index (χ4v) is 4.94. The van der Waals surface area contributed by atoms with Gasteiger partial charge in [-0.25, -0.2) is 8.42 Å². The first-order valence-corrected chi connectivity index (χ1v) is 10.9. The molecule has 0 radical (unpaired) electrons. The number of non-ortho nitro benzene ring substituents is 1. The molecular weight excluding hydrogens is 424 g/mol. The molecule has 2 heterocycles. The van der Waals surface area contributed by atoms with Crippen LogP contribution in [0.15, 0.2) is 64.3 Å². The van der Waals surface area contributed by atoms with Crippen LogP contribution in [-0.2, 0) is 10.0 Å². The maximum absolute atomic E-state index is 12.8. The molecular formula is C20H18N4O6S. The molecule has 1 aromatic heterocycles. The summed E-state index contributed by atoms with van der Waals surface area (Å²) in [5.74, 6) is -0.379. The lowest BCUT2D eigenvalue weighted by Crippen LogP contribution is -2.50. The van der Waals surface area contributed by atoms with Crippen LogP contribution in [0.3, 0.4) is 0 Å². The van der Waals surface area contributed by atoms with E-state index in [1.165, 1.54) is 21.3 Å². The molecule has 11 heteroatoms. The molecule has 2 aromatic carbocycles. The number of carbonyl (C=O) groups is 1. The Bertz CT molecular complexity index is 1330. The van der Waals surface area contributed by atoms with E-state index in [2.05, 4.69) is 4.98 Å². The summed E-state index contributed by atoms with van der Waals surface area (Å²) in [7, 11) is -3.84. The number of amides is 1. The predicted molar refractivity (Wildman–Crippen MR) is 112 cm³/mol. The zero-order chi connectivity index (χ0) is 22.2. The highest BCUT2D eigenvalue weighted by Gasteiger charge is 2.31. The molecule has 1 fully saturated rings. The maximum atomic E-state index is 12.8. The molecule has 1 saturated heterocycles. The van der Waals surface area contributed by atoms with Crippen molar-refractivity contribution in [2.75, 3.05) is 26.2 Å². The van der Waals surface area contributed by atoms with E-state index in [0.717, 1.165) is 12.1 Å². The van der Waals surface area contributed by atoms with Gasteiger partial charge < -0.3 is 9.88 Å². The van der Waals surface area contributed by atoms with Gasteiger partial charge in [0.25, 0.3) is 17.2 Å². The molecule has 0 saturated carbocycles. The number of sulfonamides is 1. The Labute approximate surface area is 176 Å². The number of nitrogens with zero attached hydrogens (tertiary/aromatic N) is 3. The van der Waals surface area contributed by atoms with Crippen LogP contribution >= 0.6 is 0 Å². The van der Waals surface area contributed by atoms with Crippen molar-refractivity contribution in [3.05, 3.63) is 80.8 Å². The molecule has 1 amide bonds. The Morgan fingerprint density at radius 1 is 1.00 bits per heavy atom. The standard InChI is InChI=1S/C20H18N4O6S/c25-19-17-4-2-1-3-14(17)13-18(21-19)20(26)22-9-11-23(12-10-22)31(29,30)16-7-5-15(6-8-16)24(27)28/h1-8,13H,9-12H2,(H,21,25). The van der Waals surface area contributed by atoms with Crippen LogP contribution < -0.4 is 5.56 Å². The smallest absolute Gasteiger partial charge is 0.270 e. The van der Waals surface area contributed by atoms with Gasteiger partial charge in [0.15, 0.2) is 0 Å². The second-order valence-corrected chi connectivity index (χ2v) is 8.98. The first kappa shape index (κ1) is 20.7. The fourth-order valence-electron chi connectivity index (χ4n) is 3.52.